The number of hydrogen-bond acceptors (Lipinski definition) is 2. The third-order valence-electron chi connectivity index (χ3n) is 4.52. The molecule has 0 radical (unpaired) electrons. The molecule has 0 N–H and O–H groups in total. The second-order valence-corrected chi connectivity index (χ2v) is 8.29. The van der Waals surface area contributed by atoms with Gasteiger partial charge in [0.1, 0.15) is 0 Å². The van der Waals surface area contributed by atoms with Crippen molar-refractivity contribution in [1.82, 2.24) is 0 Å². The minimum Gasteiger partial charge on any atom is -0.462 e. The highest BCUT2D eigenvalue weighted by molar-refractivity contribution is 14.1. The minimum absolute atomic E-state index is 0.431. The molecule has 2 nitrogen and oxygen atoms in total. The molecule has 0 atom stereocenters. The lowest BCUT2D eigenvalue weighted by Gasteiger charge is -2.42. The Bertz CT molecular complexity index is 969. The highest BCUT2D eigenvalue weighted by Crippen LogP contribution is 2.64. The molecule has 37 heavy (non-hydrogen) atoms. The van der Waals surface area contributed by atoms with Gasteiger partial charge in [0.25, 0.3) is 0 Å². The summed E-state index contributed by atoms with van der Waals surface area (Å²) >= 11 is 1.74. The molecule has 0 saturated heterocycles. The molecule has 0 fully saturated rings. The zero-order valence-corrected chi connectivity index (χ0v) is 19.0. The van der Waals surface area contributed by atoms with E-state index in [0.29, 0.717) is 3.57 Å². The van der Waals surface area contributed by atoms with Crippen LogP contribution in [0.25, 0.3) is 0 Å². The molecule has 0 aliphatic carbocycles. The van der Waals surface area contributed by atoms with E-state index >= 15 is 0 Å². The molecule has 214 valence electrons. The Morgan fingerprint density at radius 1 is 0.595 bits per heavy atom. The van der Waals surface area contributed by atoms with Gasteiger partial charge in [-0.2, -0.15) is 74.6 Å². The molecule has 20 heteroatoms. The molecule has 0 saturated carbocycles. The Labute approximate surface area is 207 Å². The maximum Gasteiger partial charge on any atom is 0.460 e. The van der Waals surface area contributed by atoms with Gasteiger partial charge in [-0.1, -0.05) is 0 Å². The normalized spacial score (nSPS) is 15.1. The SMILES string of the molecule is O=C(OCCC(F)(F)C(F)(F)C(F)(F)C(F)(F)C(F)(F)C(F)(F)C(F)(F)C(F)(F)F)c1ccc(I)cc1. The molecular formula is C17H8F17IO2. The summed E-state index contributed by atoms with van der Waals surface area (Å²) in [5, 5.41) is 0. The zero-order chi connectivity index (χ0) is 29.7. The van der Waals surface area contributed by atoms with Gasteiger partial charge in [0, 0.05) is 3.57 Å². The molecule has 0 heterocycles. The topological polar surface area (TPSA) is 26.3 Å². The maximum atomic E-state index is 13.7. The summed E-state index contributed by atoms with van der Waals surface area (Å²) in [6.07, 6.45) is -10.7. The van der Waals surface area contributed by atoms with E-state index in [-0.39, 0.29) is 0 Å². The van der Waals surface area contributed by atoms with Gasteiger partial charge in [0.05, 0.1) is 18.6 Å². The smallest absolute Gasteiger partial charge is 0.460 e. The second kappa shape index (κ2) is 9.76. The lowest BCUT2D eigenvalue weighted by molar-refractivity contribution is -0.461. The quantitative estimate of drug-likeness (QED) is 0.142. The lowest BCUT2D eigenvalue weighted by atomic mass is 9.88. The van der Waals surface area contributed by atoms with E-state index in [1.807, 2.05) is 0 Å². The van der Waals surface area contributed by atoms with Gasteiger partial charge in [-0.25, -0.2) is 4.79 Å². The summed E-state index contributed by atoms with van der Waals surface area (Å²) in [6.45, 7) is -1.99. The van der Waals surface area contributed by atoms with Gasteiger partial charge in [-0.15, -0.1) is 0 Å². The van der Waals surface area contributed by atoms with Crippen LogP contribution in [-0.4, -0.2) is 60.2 Å². The number of alkyl halides is 17. The van der Waals surface area contributed by atoms with Gasteiger partial charge in [-0.05, 0) is 46.9 Å². The fourth-order valence-electron chi connectivity index (χ4n) is 2.29. The van der Waals surface area contributed by atoms with Crippen LogP contribution in [0.1, 0.15) is 16.8 Å². The summed E-state index contributed by atoms with van der Waals surface area (Å²) in [6, 6.07) is 4.46. The summed E-state index contributed by atoms with van der Waals surface area (Å²) in [5.74, 6) is -58.4. The van der Waals surface area contributed by atoms with Crippen LogP contribution >= 0.6 is 22.6 Å². The predicted octanol–water partition coefficient (Wildman–Crippen LogP) is 7.85. The van der Waals surface area contributed by atoms with Crippen molar-refractivity contribution in [1.29, 1.82) is 0 Å². The van der Waals surface area contributed by atoms with Crippen molar-refractivity contribution in [3.05, 3.63) is 33.4 Å². The average molecular weight is 694 g/mol. The van der Waals surface area contributed by atoms with Crippen molar-refractivity contribution in [3.8, 4) is 0 Å². The maximum absolute atomic E-state index is 13.7. The first-order valence-electron chi connectivity index (χ1n) is 8.77. The monoisotopic (exact) mass is 694 g/mol. The van der Waals surface area contributed by atoms with Crippen LogP contribution in [0.2, 0.25) is 0 Å². The number of benzene rings is 1. The number of halogens is 18. The fourth-order valence-corrected chi connectivity index (χ4v) is 2.65. The highest BCUT2D eigenvalue weighted by atomic mass is 127. The summed E-state index contributed by atoms with van der Waals surface area (Å²) in [4.78, 5) is 11.6. The third kappa shape index (κ3) is 5.26. The number of ether oxygens (including phenoxy) is 1. The fraction of sp³-hybridized carbons (Fsp3) is 0.588. The average Bonchev–Trinajstić information content (AvgIpc) is 2.72. The van der Waals surface area contributed by atoms with Crippen molar-refractivity contribution in [2.45, 2.75) is 54.1 Å². The van der Waals surface area contributed by atoms with Crippen LogP contribution in [0.15, 0.2) is 24.3 Å². The van der Waals surface area contributed by atoms with E-state index < -0.39 is 72.2 Å². The van der Waals surface area contributed by atoms with Gasteiger partial charge < -0.3 is 4.74 Å². The van der Waals surface area contributed by atoms with Gasteiger partial charge in [0.2, 0.25) is 0 Å². The summed E-state index contributed by atoms with van der Waals surface area (Å²) in [7, 11) is 0. The van der Waals surface area contributed by atoms with E-state index in [1.54, 1.807) is 22.6 Å². The summed E-state index contributed by atoms with van der Waals surface area (Å²) in [5.41, 5.74) is -0.431. The van der Waals surface area contributed by atoms with E-state index in [0.717, 1.165) is 12.1 Å². The molecule has 0 bridgehead atoms. The molecule has 0 aliphatic heterocycles. The Balaban J connectivity index is 3.29. The zero-order valence-electron chi connectivity index (χ0n) is 16.8. The van der Waals surface area contributed by atoms with Crippen molar-refractivity contribution in [3.63, 3.8) is 0 Å². The first-order chi connectivity index (χ1) is 16.1. The molecule has 0 aliphatic rings. The summed E-state index contributed by atoms with van der Waals surface area (Å²) < 4.78 is 228. The number of rotatable bonds is 10. The van der Waals surface area contributed by atoms with Gasteiger partial charge >= 0.3 is 53.6 Å². The number of carbonyl (C=O) groups excluding carboxylic acids is 1. The van der Waals surface area contributed by atoms with Crippen molar-refractivity contribution >= 4 is 28.6 Å². The molecular weight excluding hydrogens is 686 g/mol. The van der Waals surface area contributed by atoms with E-state index in [2.05, 4.69) is 4.74 Å². The molecule has 0 unspecified atom stereocenters. The second-order valence-electron chi connectivity index (χ2n) is 7.04. The Morgan fingerprint density at radius 2 is 0.946 bits per heavy atom. The van der Waals surface area contributed by atoms with Crippen molar-refractivity contribution < 1.29 is 84.2 Å². The van der Waals surface area contributed by atoms with Crippen molar-refractivity contribution in [2.75, 3.05) is 6.61 Å². The molecule has 0 aromatic heterocycles. The van der Waals surface area contributed by atoms with E-state index in [4.69, 9.17) is 0 Å². The number of hydrogen-bond donors (Lipinski definition) is 0. The highest BCUT2D eigenvalue weighted by Gasteiger charge is 2.95. The Hall–Kier alpha value is -1.77. The first kappa shape index (κ1) is 33.3. The van der Waals surface area contributed by atoms with E-state index in [9.17, 15) is 79.4 Å². The number of esters is 1. The lowest BCUT2D eigenvalue weighted by Crippen LogP contribution is -2.74. The molecule has 1 aromatic rings. The number of carbonyl (C=O) groups is 1. The van der Waals surface area contributed by atoms with Gasteiger partial charge in [0.15, 0.2) is 0 Å². The standard InChI is InChI=1S/C17H8F17IO2/c18-10(19,5-6-37-9(36)7-1-3-8(35)4-2-7)11(20,21)12(22,23)13(24,25)14(26,27)15(28,29)16(30,31)17(32,33)34/h1-4H,5-6H2. The van der Waals surface area contributed by atoms with Crippen LogP contribution in [0.3, 0.4) is 0 Å². The van der Waals surface area contributed by atoms with Crippen LogP contribution < -0.4 is 0 Å². The van der Waals surface area contributed by atoms with E-state index in [1.165, 1.54) is 12.1 Å². The Kier molecular flexibility index (Phi) is 8.77. The Morgan fingerprint density at radius 3 is 1.32 bits per heavy atom. The third-order valence-corrected chi connectivity index (χ3v) is 5.24. The molecule has 1 aromatic carbocycles. The predicted molar refractivity (Wildman–Crippen MR) is 94.7 cm³/mol. The first-order valence-corrected chi connectivity index (χ1v) is 9.85. The van der Waals surface area contributed by atoms with Crippen LogP contribution in [-0.2, 0) is 4.74 Å². The molecule has 0 amide bonds. The van der Waals surface area contributed by atoms with Crippen LogP contribution in [0, 0.1) is 3.57 Å². The minimum atomic E-state index is -8.68. The largest absolute Gasteiger partial charge is 0.462 e. The molecule has 0 spiro atoms. The van der Waals surface area contributed by atoms with Crippen molar-refractivity contribution in [2.24, 2.45) is 0 Å². The molecule has 1 rings (SSSR count). The van der Waals surface area contributed by atoms with Gasteiger partial charge in [-0.3, -0.25) is 0 Å². The van der Waals surface area contributed by atoms with Crippen LogP contribution in [0.5, 0.6) is 0 Å². The van der Waals surface area contributed by atoms with Crippen LogP contribution in [0.4, 0.5) is 74.6 Å².